The Kier molecular flexibility index (Phi) is 3.29. The van der Waals surface area contributed by atoms with Gasteiger partial charge >= 0.3 is 0 Å². The maximum atomic E-state index is 12.0. The van der Waals surface area contributed by atoms with Crippen molar-refractivity contribution in [3.63, 3.8) is 0 Å². The molecule has 2 unspecified atom stereocenters. The first-order valence-corrected chi connectivity index (χ1v) is 9.18. The fourth-order valence-electron chi connectivity index (χ4n) is 6.07. The number of aliphatic hydroxyl groups excluding tert-OH is 1. The Morgan fingerprint density at radius 1 is 1.22 bits per heavy atom. The van der Waals surface area contributed by atoms with E-state index in [-0.39, 0.29) is 17.3 Å². The lowest BCUT2D eigenvalue weighted by Crippen LogP contribution is -2.47. The first-order valence-electron chi connectivity index (χ1n) is 9.18. The molecular formula is C21H28O2. The highest BCUT2D eigenvalue weighted by molar-refractivity contribution is 5.97. The molecule has 5 atom stereocenters. The summed E-state index contributed by atoms with van der Waals surface area (Å²) in [5.41, 5.74) is 4.18. The van der Waals surface area contributed by atoms with E-state index in [0.717, 1.165) is 37.7 Å². The van der Waals surface area contributed by atoms with Crippen LogP contribution >= 0.6 is 0 Å². The molecule has 2 saturated carbocycles. The van der Waals surface area contributed by atoms with Crippen molar-refractivity contribution in [1.82, 2.24) is 0 Å². The Morgan fingerprint density at radius 3 is 2.74 bits per heavy atom. The van der Waals surface area contributed by atoms with Crippen LogP contribution in [-0.4, -0.2) is 17.0 Å². The minimum atomic E-state index is -0.103. The number of hydrogen-bond donors (Lipinski definition) is 1. The fraction of sp³-hybridized carbons (Fsp3) is 0.667. The van der Waals surface area contributed by atoms with Gasteiger partial charge in [-0.05, 0) is 73.8 Å². The number of allylic oxidation sites excluding steroid dienone is 6. The Balaban J connectivity index is 1.71. The van der Waals surface area contributed by atoms with Gasteiger partial charge in [0, 0.05) is 11.0 Å². The summed E-state index contributed by atoms with van der Waals surface area (Å²) in [6, 6.07) is 0. The van der Waals surface area contributed by atoms with Crippen molar-refractivity contribution in [2.45, 2.75) is 65.4 Å². The second kappa shape index (κ2) is 4.92. The number of hydrogen-bond acceptors (Lipinski definition) is 2. The predicted molar refractivity (Wildman–Crippen MR) is 91.8 cm³/mol. The zero-order chi connectivity index (χ0) is 16.4. The molecule has 2 nitrogen and oxygen atoms in total. The molecule has 4 aliphatic rings. The van der Waals surface area contributed by atoms with Gasteiger partial charge in [-0.15, -0.1) is 0 Å². The summed E-state index contributed by atoms with van der Waals surface area (Å²) in [6.07, 6.45) is 13.0. The van der Waals surface area contributed by atoms with E-state index in [1.54, 1.807) is 6.92 Å². The van der Waals surface area contributed by atoms with Gasteiger partial charge in [0.1, 0.15) is 0 Å². The van der Waals surface area contributed by atoms with Gasteiger partial charge in [-0.1, -0.05) is 32.1 Å². The minimum absolute atomic E-state index is 0.0639. The molecule has 0 aromatic heterocycles. The smallest absolute Gasteiger partial charge is 0.156 e. The zero-order valence-corrected chi connectivity index (χ0v) is 14.6. The van der Waals surface area contributed by atoms with E-state index in [0.29, 0.717) is 17.3 Å². The molecular weight excluding hydrogens is 284 g/mol. The van der Waals surface area contributed by atoms with Crippen LogP contribution in [0.2, 0.25) is 0 Å². The van der Waals surface area contributed by atoms with Crippen LogP contribution in [0.25, 0.3) is 0 Å². The van der Waals surface area contributed by atoms with Crippen molar-refractivity contribution in [3.05, 3.63) is 34.9 Å². The number of carbonyl (C=O) groups is 1. The molecule has 0 spiro atoms. The lowest BCUT2D eigenvalue weighted by atomic mass is 9.49. The van der Waals surface area contributed by atoms with E-state index in [9.17, 15) is 9.90 Å². The third-order valence-electron chi connectivity index (χ3n) is 7.53. The summed E-state index contributed by atoms with van der Waals surface area (Å²) in [5.74, 6) is 1.44. The van der Waals surface area contributed by atoms with Gasteiger partial charge in [-0.3, -0.25) is 4.79 Å². The van der Waals surface area contributed by atoms with E-state index >= 15 is 0 Å². The van der Waals surface area contributed by atoms with Crippen LogP contribution in [0.3, 0.4) is 0 Å². The maximum Gasteiger partial charge on any atom is 0.156 e. The summed E-state index contributed by atoms with van der Waals surface area (Å²) >= 11 is 0. The summed E-state index contributed by atoms with van der Waals surface area (Å²) < 4.78 is 0. The highest BCUT2D eigenvalue weighted by Gasteiger charge is 2.53. The van der Waals surface area contributed by atoms with E-state index in [2.05, 4.69) is 32.1 Å². The molecule has 0 amide bonds. The third-order valence-corrected chi connectivity index (χ3v) is 7.53. The van der Waals surface area contributed by atoms with Crippen LogP contribution < -0.4 is 0 Å². The Morgan fingerprint density at radius 2 is 2.00 bits per heavy atom. The molecule has 0 bridgehead atoms. The van der Waals surface area contributed by atoms with Crippen LogP contribution in [0.15, 0.2) is 34.9 Å². The normalized spacial score (nSPS) is 45.2. The number of carbonyl (C=O) groups excluding carboxylic acids is 1. The molecule has 1 N–H and O–H groups in total. The lowest BCUT2D eigenvalue weighted by molar-refractivity contribution is -0.114. The van der Waals surface area contributed by atoms with Crippen LogP contribution in [-0.2, 0) is 4.79 Å². The Bertz CT molecular complexity index is 653. The predicted octanol–water partition coefficient (Wildman–Crippen LogP) is 4.36. The van der Waals surface area contributed by atoms with E-state index in [4.69, 9.17) is 0 Å². The minimum Gasteiger partial charge on any atom is -0.393 e. The number of fused-ring (bicyclic) bond motifs is 5. The Labute approximate surface area is 139 Å². The molecule has 23 heavy (non-hydrogen) atoms. The standard InChI is InChI=1S/C21H28O2/c1-13(22)17-6-7-18-16-5-4-14-12-15(23)8-10-20(14,2)19(16)9-11-21(17,18)3/h5-7,14-15,19,23H,4,8-12H2,1-3H3/t14?,15?,19-,20-,21+/m0/s1. The fourth-order valence-corrected chi connectivity index (χ4v) is 6.07. The van der Waals surface area contributed by atoms with Crippen molar-refractivity contribution in [3.8, 4) is 0 Å². The van der Waals surface area contributed by atoms with E-state index in [1.807, 2.05) is 0 Å². The number of rotatable bonds is 1. The van der Waals surface area contributed by atoms with Gasteiger partial charge in [0.25, 0.3) is 0 Å². The second-order valence-electron chi connectivity index (χ2n) is 8.67. The first kappa shape index (κ1) is 15.4. The summed E-state index contributed by atoms with van der Waals surface area (Å²) in [5, 5.41) is 10.1. The van der Waals surface area contributed by atoms with Crippen LogP contribution in [0, 0.1) is 22.7 Å². The molecule has 0 heterocycles. The molecule has 0 aliphatic heterocycles. The van der Waals surface area contributed by atoms with E-state index < -0.39 is 0 Å². The highest BCUT2D eigenvalue weighted by Crippen LogP contribution is 2.63. The third kappa shape index (κ3) is 2.00. The molecule has 0 aromatic carbocycles. The second-order valence-corrected chi connectivity index (χ2v) is 8.67. The molecule has 2 fully saturated rings. The van der Waals surface area contributed by atoms with Gasteiger partial charge in [0.2, 0.25) is 0 Å². The zero-order valence-electron chi connectivity index (χ0n) is 14.6. The number of Topliss-reactive ketones (excluding diaryl/α,β-unsaturated/α-hetero) is 1. The van der Waals surface area contributed by atoms with Crippen LogP contribution in [0.1, 0.15) is 59.3 Å². The van der Waals surface area contributed by atoms with Crippen LogP contribution in [0.5, 0.6) is 0 Å². The highest BCUT2D eigenvalue weighted by atomic mass is 16.3. The molecule has 4 aliphatic carbocycles. The van der Waals surface area contributed by atoms with E-state index in [1.165, 1.54) is 17.6 Å². The topological polar surface area (TPSA) is 37.3 Å². The molecule has 2 heteroatoms. The summed E-state index contributed by atoms with van der Waals surface area (Å²) in [6.45, 7) is 6.42. The van der Waals surface area contributed by atoms with Crippen molar-refractivity contribution < 1.29 is 9.90 Å². The first-order chi connectivity index (χ1) is 10.9. The molecule has 4 rings (SSSR count). The Hall–Kier alpha value is -1.15. The average molecular weight is 312 g/mol. The van der Waals surface area contributed by atoms with Gasteiger partial charge in [-0.2, -0.15) is 0 Å². The molecule has 124 valence electrons. The van der Waals surface area contributed by atoms with Crippen molar-refractivity contribution in [2.24, 2.45) is 22.7 Å². The molecule has 0 aromatic rings. The quantitative estimate of drug-likeness (QED) is 0.781. The molecule has 0 radical (unpaired) electrons. The van der Waals surface area contributed by atoms with Crippen molar-refractivity contribution in [1.29, 1.82) is 0 Å². The van der Waals surface area contributed by atoms with Gasteiger partial charge in [-0.25, -0.2) is 0 Å². The van der Waals surface area contributed by atoms with Crippen LogP contribution in [0.4, 0.5) is 0 Å². The molecule has 0 saturated heterocycles. The maximum absolute atomic E-state index is 12.0. The van der Waals surface area contributed by atoms with Gasteiger partial charge in [0.05, 0.1) is 6.10 Å². The summed E-state index contributed by atoms with van der Waals surface area (Å²) in [4.78, 5) is 12.0. The monoisotopic (exact) mass is 312 g/mol. The lowest BCUT2D eigenvalue weighted by Gasteiger charge is -2.55. The van der Waals surface area contributed by atoms with Gasteiger partial charge < -0.3 is 5.11 Å². The summed E-state index contributed by atoms with van der Waals surface area (Å²) in [7, 11) is 0. The number of aliphatic hydroxyl groups is 1. The van der Waals surface area contributed by atoms with Gasteiger partial charge in [0.15, 0.2) is 5.78 Å². The number of ketones is 1. The van der Waals surface area contributed by atoms with Crippen molar-refractivity contribution in [2.75, 3.05) is 0 Å². The van der Waals surface area contributed by atoms with Crippen molar-refractivity contribution >= 4 is 5.78 Å². The average Bonchev–Trinajstić information content (AvgIpc) is 2.85. The SMILES string of the molecule is CC(=O)C1=CC=C2C3=CCC4CC(O)CC[C@]4(C)[C@H]3CC[C@]12C. The largest absolute Gasteiger partial charge is 0.393 e.